The molecule has 0 saturated carbocycles. The fourth-order valence-electron chi connectivity index (χ4n) is 2.91. The normalized spacial score (nSPS) is 21.3. The number of carbonyl (C=O) groups excluding carboxylic acids is 1. The van der Waals surface area contributed by atoms with Crippen LogP contribution in [0.3, 0.4) is 0 Å². The van der Waals surface area contributed by atoms with Gasteiger partial charge >= 0.3 is 12.2 Å². The van der Waals surface area contributed by atoms with Crippen LogP contribution in [0.4, 0.5) is 23.7 Å². The molecule has 2 aromatic heterocycles. The number of aromatic nitrogens is 4. The molecule has 2 aromatic rings. The third-order valence-electron chi connectivity index (χ3n) is 4.28. The summed E-state index contributed by atoms with van der Waals surface area (Å²) in [4.78, 5) is 23.1. The van der Waals surface area contributed by atoms with Crippen molar-refractivity contribution in [1.82, 2.24) is 25.3 Å². The molecular weight excluding hydrogens is 495 g/mol. The number of fused-ring (bicyclic) bond motifs is 1. The fourth-order valence-corrected chi connectivity index (χ4v) is 3.61. The first-order valence-corrected chi connectivity index (χ1v) is 9.65. The van der Waals surface area contributed by atoms with Gasteiger partial charge in [0.15, 0.2) is 11.6 Å². The highest BCUT2D eigenvalue weighted by Gasteiger charge is 2.47. The molecular formula is C16H12BrClF3N7O2. The lowest BCUT2D eigenvalue weighted by atomic mass is 10.1. The third kappa shape index (κ3) is 3.99. The number of nitrogens with zero attached hydrogens (tertiary/aromatic N) is 6. The molecule has 0 saturated heterocycles. The van der Waals surface area contributed by atoms with Crippen LogP contribution >= 0.6 is 27.5 Å². The third-order valence-corrected chi connectivity index (χ3v) is 5.17. The molecule has 2 amide bonds. The zero-order valence-corrected chi connectivity index (χ0v) is 17.2. The Bertz CT molecular complexity index is 1030. The van der Waals surface area contributed by atoms with E-state index in [1.54, 1.807) is 0 Å². The smallest absolute Gasteiger partial charge is 0.427 e. The van der Waals surface area contributed by atoms with Crippen LogP contribution in [0.5, 0.6) is 5.75 Å². The van der Waals surface area contributed by atoms with Gasteiger partial charge in [-0.2, -0.15) is 23.4 Å². The molecule has 0 bridgehead atoms. The Labute approximate surface area is 180 Å². The van der Waals surface area contributed by atoms with Gasteiger partial charge in [0.1, 0.15) is 5.69 Å². The summed E-state index contributed by atoms with van der Waals surface area (Å²) in [5.41, 5.74) is 0.109. The van der Waals surface area contributed by atoms with Crippen LogP contribution in [0.1, 0.15) is 6.42 Å². The Balaban J connectivity index is 1.54. The maximum absolute atomic E-state index is 13.3. The summed E-state index contributed by atoms with van der Waals surface area (Å²) in [5.74, 6) is 0.185. The van der Waals surface area contributed by atoms with Gasteiger partial charge < -0.3 is 10.1 Å². The van der Waals surface area contributed by atoms with E-state index in [1.165, 1.54) is 35.8 Å². The van der Waals surface area contributed by atoms with Gasteiger partial charge in [0.05, 0.1) is 40.7 Å². The number of ether oxygens (including phenoxy) is 1. The highest BCUT2D eigenvalue weighted by Crippen LogP contribution is 2.41. The molecule has 4 heterocycles. The van der Waals surface area contributed by atoms with Crippen molar-refractivity contribution in [3.05, 3.63) is 34.3 Å². The van der Waals surface area contributed by atoms with E-state index in [9.17, 15) is 18.0 Å². The Morgan fingerprint density at radius 3 is 2.70 bits per heavy atom. The second kappa shape index (κ2) is 7.87. The highest BCUT2D eigenvalue weighted by molar-refractivity contribution is 9.10. The van der Waals surface area contributed by atoms with Crippen LogP contribution in [0.2, 0.25) is 0 Å². The van der Waals surface area contributed by atoms with Crippen molar-refractivity contribution >= 4 is 51.3 Å². The molecule has 0 unspecified atom stereocenters. The molecule has 0 fully saturated rings. The number of urea groups is 1. The van der Waals surface area contributed by atoms with Gasteiger partial charge in [0.25, 0.3) is 0 Å². The van der Waals surface area contributed by atoms with Crippen molar-refractivity contribution < 1.29 is 22.7 Å². The highest BCUT2D eigenvalue weighted by atomic mass is 79.9. The molecule has 1 N–H and O–H groups in total. The average Bonchev–Trinajstić information content (AvgIpc) is 3.21. The predicted molar refractivity (Wildman–Crippen MR) is 104 cm³/mol. The van der Waals surface area contributed by atoms with E-state index in [0.29, 0.717) is 10.9 Å². The van der Waals surface area contributed by atoms with Crippen LogP contribution in [0.25, 0.3) is 5.82 Å². The van der Waals surface area contributed by atoms with Gasteiger partial charge in [-0.25, -0.2) is 9.79 Å². The molecule has 2 aliphatic rings. The van der Waals surface area contributed by atoms with E-state index in [0.717, 1.165) is 4.90 Å². The second-order valence-electron chi connectivity index (χ2n) is 6.31. The molecule has 0 aliphatic carbocycles. The molecule has 14 heteroatoms. The number of amides is 2. The largest absolute Gasteiger partial charge is 0.476 e. The van der Waals surface area contributed by atoms with E-state index in [1.807, 2.05) is 0 Å². The monoisotopic (exact) mass is 505 g/mol. The number of anilines is 1. The number of halogens is 5. The molecule has 0 aromatic carbocycles. The zero-order valence-electron chi connectivity index (χ0n) is 14.8. The van der Waals surface area contributed by atoms with Gasteiger partial charge in [0.2, 0.25) is 6.10 Å². The van der Waals surface area contributed by atoms with Crippen molar-refractivity contribution in [3.8, 4) is 5.75 Å². The van der Waals surface area contributed by atoms with E-state index < -0.39 is 30.9 Å². The molecule has 0 radical (unpaired) electrons. The lowest BCUT2D eigenvalue weighted by molar-refractivity contribution is -0.193. The fraction of sp³-hybridized carbons (Fsp3) is 0.312. The summed E-state index contributed by atoms with van der Waals surface area (Å²) in [5, 5.41) is 10.8. The summed E-state index contributed by atoms with van der Waals surface area (Å²) in [7, 11) is 0. The molecule has 4 rings (SSSR count). The van der Waals surface area contributed by atoms with Crippen LogP contribution < -0.4 is 15.0 Å². The first-order valence-electron chi connectivity index (χ1n) is 8.48. The number of hydrogen-bond donors (Lipinski definition) is 1. The summed E-state index contributed by atoms with van der Waals surface area (Å²) in [6, 6.07) is -1.41. The number of carbonyl (C=O) groups is 1. The maximum Gasteiger partial charge on any atom is 0.427 e. The number of nitrogens with one attached hydrogen (secondary N) is 1. The summed E-state index contributed by atoms with van der Waals surface area (Å²) in [6.07, 6.45) is 0.207. The molecule has 2 aliphatic heterocycles. The number of pyridine rings is 1. The lowest BCUT2D eigenvalue weighted by Gasteiger charge is -2.36. The van der Waals surface area contributed by atoms with Gasteiger partial charge in [-0.05, 0) is 15.9 Å². The first kappa shape index (κ1) is 20.6. The van der Waals surface area contributed by atoms with E-state index in [2.05, 4.69) is 41.4 Å². The SMILES string of the molecule is O=C(N[C@@H]1C=NC(n2nccn2)=C(Cl)C1)N1C[C@@H](C(F)(F)F)Oc2c(Br)cncc21. The average molecular weight is 507 g/mol. The Hall–Kier alpha value is -2.67. The number of hydrogen-bond acceptors (Lipinski definition) is 6. The van der Waals surface area contributed by atoms with Crippen molar-refractivity contribution in [2.24, 2.45) is 4.99 Å². The maximum atomic E-state index is 13.3. The molecule has 9 nitrogen and oxygen atoms in total. The van der Waals surface area contributed by atoms with Crippen LogP contribution in [0, 0.1) is 0 Å². The van der Waals surface area contributed by atoms with Gasteiger partial charge in [-0.1, -0.05) is 11.6 Å². The summed E-state index contributed by atoms with van der Waals surface area (Å²) in [6.45, 7) is -0.726. The van der Waals surface area contributed by atoms with Gasteiger partial charge in [0, 0.05) is 18.8 Å². The first-order chi connectivity index (χ1) is 14.2. The van der Waals surface area contributed by atoms with E-state index in [-0.39, 0.29) is 22.3 Å². The number of rotatable bonds is 2. The standard InChI is InChI=1S/C16H12BrClF3N7O2/c17-9-5-22-6-11-13(9)30-12(16(19,20)21)7-27(11)15(29)26-8-3-10(18)14(23-4-8)28-24-1-2-25-28/h1-2,4-6,8,12H,3,7H2,(H,26,29)/t8-,12-/m0/s1. The van der Waals surface area contributed by atoms with Crippen molar-refractivity contribution in [3.63, 3.8) is 0 Å². The lowest BCUT2D eigenvalue weighted by Crippen LogP contribution is -2.54. The molecule has 158 valence electrons. The Kier molecular flexibility index (Phi) is 5.40. The van der Waals surface area contributed by atoms with Gasteiger partial charge in [-0.15, -0.1) is 4.80 Å². The summed E-state index contributed by atoms with van der Waals surface area (Å²) < 4.78 is 45.2. The molecule has 2 atom stereocenters. The van der Waals surface area contributed by atoms with Crippen LogP contribution in [-0.2, 0) is 0 Å². The van der Waals surface area contributed by atoms with Crippen molar-refractivity contribution in [1.29, 1.82) is 0 Å². The minimum absolute atomic E-state index is 0.109. The Morgan fingerprint density at radius 1 is 1.30 bits per heavy atom. The van der Waals surface area contributed by atoms with E-state index in [4.69, 9.17) is 16.3 Å². The Morgan fingerprint density at radius 2 is 2.03 bits per heavy atom. The zero-order chi connectivity index (χ0) is 21.5. The second-order valence-corrected chi connectivity index (χ2v) is 7.62. The summed E-state index contributed by atoms with van der Waals surface area (Å²) >= 11 is 9.35. The minimum atomic E-state index is -4.66. The predicted octanol–water partition coefficient (Wildman–Crippen LogP) is 3.18. The van der Waals surface area contributed by atoms with Crippen LogP contribution in [0.15, 0.2) is 39.3 Å². The number of aliphatic imine (C=N–C) groups is 1. The van der Waals surface area contributed by atoms with Crippen molar-refractivity contribution in [2.45, 2.75) is 24.7 Å². The van der Waals surface area contributed by atoms with Gasteiger partial charge in [-0.3, -0.25) is 9.88 Å². The molecule has 0 spiro atoms. The molecule has 30 heavy (non-hydrogen) atoms. The minimum Gasteiger partial charge on any atom is -0.476 e. The van der Waals surface area contributed by atoms with E-state index >= 15 is 0 Å². The number of alkyl halides is 3. The topological polar surface area (TPSA) is 97.5 Å². The van der Waals surface area contributed by atoms with Crippen LogP contribution in [-0.4, -0.2) is 57.1 Å². The quantitative estimate of drug-likeness (QED) is 0.675. The van der Waals surface area contributed by atoms with Crippen molar-refractivity contribution in [2.75, 3.05) is 11.4 Å².